The van der Waals surface area contributed by atoms with Crippen molar-refractivity contribution in [1.82, 2.24) is 0 Å². The highest BCUT2D eigenvalue weighted by molar-refractivity contribution is 5.75. The SMILES string of the molecule is NC(C[C@H]1CCC(F)(F)CO1)C(=O)OCc1ccccc1. The monoisotopic (exact) mass is 299 g/mol. The van der Waals surface area contributed by atoms with E-state index in [0.717, 1.165) is 5.56 Å². The highest BCUT2D eigenvalue weighted by atomic mass is 19.3. The Hall–Kier alpha value is -1.53. The van der Waals surface area contributed by atoms with Crippen LogP contribution in [0.4, 0.5) is 8.78 Å². The van der Waals surface area contributed by atoms with E-state index in [1.54, 1.807) is 0 Å². The van der Waals surface area contributed by atoms with Gasteiger partial charge in [-0.25, -0.2) is 8.78 Å². The summed E-state index contributed by atoms with van der Waals surface area (Å²) in [6, 6.07) is 8.38. The molecule has 0 radical (unpaired) electrons. The van der Waals surface area contributed by atoms with Crippen LogP contribution in [0.15, 0.2) is 30.3 Å². The van der Waals surface area contributed by atoms with Gasteiger partial charge < -0.3 is 15.2 Å². The van der Waals surface area contributed by atoms with Crippen molar-refractivity contribution in [2.75, 3.05) is 6.61 Å². The Morgan fingerprint density at radius 2 is 2.14 bits per heavy atom. The number of esters is 1. The predicted octanol–water partition coefficient (Wildman–Crippen LogP) is 2.26. The summed E-state index contributed by atoms with van der Waals surface area (Å²) in [4.78, 5) is 11.8. The molecule has 0 amide bonds. The van der Waals surface area contributed by atoms with Gasteiger partial charge in [-0.2, -0.15) is 0 Å². The van der Waals surface area contributed by atoms with Crippen molar-refractivity contribution < 1.29 is 23.0 Å². The summed E-state index contributed by atoms with van der Waals surface area (Å²) in [5, 5.41) is 0. The first-order valence-corrected chi connectivity index (χ1v) is 6.92. The third-order valence-corrected chi connectivity index (χ3v) is 3.41. The maximum absolute atomic E-state index is 12.9. The number of rotatable bonds is 5. The van der Waals surface area contributed by atoms with Crippen molar-refractivity contribution in [3.63, 3.8) is 0 Å². The minimum absolute atomic E-state index is 0.150. The van der Waals surface area contributed by atoms with Crippen molar-refractivity contribution in [1.29, 1.82) is 0 Å². The topological polar surface area (TPSA) is 61.5 Å². The van der Waals surface area contributed by atoms with E-state index >= 15 is 0 Å². The molecule has 1 aromatic carbocycles. The van der Waals surface area contributed by atoms with E-state index in [1.807, 2.05) is 30.3 Å². The molecule has 0 bridgehead atoms. The van der Waals surface area contributed by atoms with Crippen molar-refractivity contribution in [2.24, 2.45) is 5.73 Å². The molecule has 2 atom stereocenters. The van der Waals surface area contributed by atoms with Crippen molar-refractivity contribution in [3.8, 4) is 0 Å². The zero-order chi connectivity index (χ0) is 15.3. The fourth-order valence-corrected chi connectivity index (χ4v) is 2.17. The van der Waals surface area contributed by atoms with Gasteiger partial charge in [0.05, 0.1) is 6.10 Å². The highest BCUT2D eigenvalue weighted by Gasteiger charge is 2.37. The van der Waals surface area contributed by atoms with E-state index in [1.165, 1.54) is 0 Å². The minimum Gasteiger partial charge on any atom is -0.460 e. The first-order chi connectivity index (χ1) is 9.96. The summed E-state index contributed by atoms with van der Waals surface area (Å²) < 4.78 is 36.0. The maximum Gasteiger partial charge on any atom is 0.323 e. The van der Waals surface area contributed by atoms with Gasteiger partial charge in [0, 0.05) is 6.42 Å². The molecule has 0 aliphatic carbocycles. The summed E-state index contributed by atoms with van der Waals surface area (Å²) in [6.45, 7) is -0.458. The van der Waals surface area contributed by atoms with Gasteiger partial charge in [0.2, 0.25) is 0 Å². The van der Waals surface area contributed by atoms with E-state index in [9.17, 15) is 13.6 Å². The molecule has 6 heteroatoms. The predicted molar refractivity (Wildman–Crippen MR) is 72.8 cm³/mol. The number of carbonyl (C=O) groups excluding carboxylic acids is 1. The van der Waals surface area contributed by atoms with Crippen LogP contribution in [-0.4, -0.2) is 30.6 Å². The second-order valence-corrected chi connectivity index (χ2v) is 5.26. The molecule has 2 rings (SSSR count). The number of carbonyl (C=O) groups is 1. The standard InChI is InChI=1S/C15H19F2NO3/c16-15(17)7-6-12(21-10-15)8-13(18)14(19)20-9-11-4-2-1-3-5-11/h1-5,12-13H,6-10,18H2/t12-,13?/m1/s1. The molecular formula is C15H19F2NO3. The molecule has 1 aromatic rings. The Balaban J connectivity index is 1.73. The number of ether oxygens (including phenoxy) is 2. The van der Waals surface area contributed by atoms with Gasteiger partial charge in [-0.1, -0.05) is 30.3 Å². The Morgan fingerprint density at radius 1 is 1.43 bits per heavy atom. The van der Waals surface area contributed by atoms with Gasteiger partial charge in [-0.05, 0) is 18.4 Å². The van der Waals surface area contributed by atoms with Crippen molar-refractivity contribution in [3.05, 3.63) is 35.9 Å². The number of halogens is 2. The van der Waals surface area contributed by atoms with Crippen LogP contribution >= 0.6 is 0 Å². The average molecular weight is 299 g/mol. The summed E-state index contributed by atoms with van der Waals surface area (Å²) in [5.41, 5.74) is 6.61. The molecule has 0 aromatic heterocycles. The van der Waals surface area contributed by atoms with Crippen molar-refractivity contribution in [2.45, 2.75) is 43.9 Å². The van der Waals surface area contributed by atoms with E-state index in [4.69, 9.17) is 15.2 Å². The molecule has 0 spiro atoms. The van der Waals surface area contributed by atoms with Gasteiger partial charge in [-0.3, -0.25) is 4.79 Å². The third kappa shape index (κ3) is 5.06. The molecule has 0 saturated carbocycles. The lowest BCUT2D eigenvalue weighted by Gasteiger charge is -2.29. The Kier molecular flexibility index (Phi) is 5.25. The van der Waals surface area contributed by atoms with Crippen molar-refractivity contribution >= 4 is 5.97 Å². The smallest absolute Gasteiger partial charge is 0.323 e. The van der Waals surface area contributed by atoms with Gasteiger partial charge in [0.25, 0.3) is 5.92 Å². The maximum atomic E-state index is 12.9. The normalized spacial score (nSPS) is 22.5. The quantitative estimate of drug-likeness (QED) is 0.847. The van der Waals surface area contributed by atoms with Gasteiger partial charge in [0.1, 0.15) is 19.3 Å². The van der Waals surface area contributed by atoms with Gasteiger partial charge in [0.15, 0.2) is 0 Å². The lowest BCUT2D eigenvalue weighted by molar-refractivity contribution is -0.155. The molecule has 1 unspecified atom stereocenters. The number of alkyl halides is 2. The largest absolute Gasteiger partial charge is 0.460 e. The summed E-state index contributed by atoms with van der Waals surface area (Å²) in [6.07, 6.45) is -0.247. The fourth-order valence-electron chi connectivity index (χ4n) is 2.17. The number of nitrogens with two attached hydrogens (primary N) is 1. The Morgan fingerprint density at radius 3 is 2.76 bits per heavy atom. The second kappa shape index (κ2) is 6.95. The first kappa shape index (κ1) is 15.9. The van der Waals surface area contributed by atoms with E-state index in [0.29, 0.717) is 0 Å². The average Bonchev–Trinajstić information content (AvgIpc) is 2.48. The van der Waals surface area contributed by atoms with Crippen LogP contribution in [0.3, 0.4) is 0 Å². The molecule has 21 heavy (non-hydrogen) atoms. The summed E-state index contributed by atoms with van der Waals surface area (Å²) in [5.74, 6) is -3.31. The Bertz CT molecular complexity index is 457. The molecule has 2 N–H and O–H groups in total. The van der Waals surface area contributed by atoms with Crippen LogP contribution in [-0.2, 0) is 20.9 Å². The highest BCUT2D eigenvalue weighted by Crippen LogP contribution is 2.29. The number of hydrogen-bond donors (Lipinski definition) is 1. The number of benzene rings is 1. The summed E-state index contributed by atoms with van der Waals surface area (Å²) in [7, 11) is 0. The van der Waals surface area contributed by atoms with E-state index < -0.39 is 30.6 Å². The molecule has 1 fully saturated rings. The molecule has 4 nitrogen and oxygen atoms in total. The van der Waals surface area contributed by atoms with Crippen LogP contribution in [0.5, 0.6) is 0 Å². The van der Waals surface area contributed by atoms with Crippen LogP contribution in [0.1, 0.15) is 24.8 Å². The lowest BCUT2D eigenvalue weighted by atomic mass is 10.0. The fraction of sp³-hybridized carbons (Fsp3) is 0.533. The molecule has 1 heterocycles. The molecule has 1 aliphatic heterocycles. The first-order valence-electron chi connectivity index (χ1n) is 6.92. The zero-order valence-electron chi connectivity index (χ0n) is 11.6. The molecule has 1 saturated heterocycles. The van der Waals surface area contributed by atoms with E-state index in [-0.39, 0.29) is 25.9 Å². The lowest BCUT2D eigenvalue weighted by Crippen LogP contribution is -2.41. The van der Waals surface area contributed by atoms with Crippen LogP contribution in [0.25, 0.3) is 0 Å². The van der Waals surface area contributed by atoms with Gasteiger partial charge in [-0.15, -0.1) is 0 Å². The van der Waals surface area contributed by atoms with Crippen LogP contribution < -0.4 is 5.73 Å². The minimum atomic E-state index is -2.77. The number of hydrogen-bond acceptors (Lipinski definition) is 4. The molecule has 1 aliphatic rings. The Labute approximate surface area is 122 Å². The van der Waals surface area contributed by atoms with E-state index in [2.05, 4.69) is 0 Å². The molecular weight excluding hydrogens is 280 g/mol. The zero-order valence-corrected chi connectivity index (χ0v) is 11.6. The van der Waals surface area contributed by atoms with Crippen LogP contribution in [0, 0.1) is 0 Å². The van der Waals surface area contributed by atoms with Gasteiger partial charge >= 0.3 is 5.97 Å². The molecule has 116 valence electrons. The van der Waals surface area contributed by atoms with Crippen LogP contribution in [0.2, 0.25) is 0 Å². The third-order valence-electron chi connectivity index (χ3n) is 3.41. The second-order valence-electron chi connectivity index (χ2n) is 5.26. The summed E-state index contributed by atoms with van der Waals surface area (Å²) >= 11 is 0.